The van der Waals surface area contributed by atoms with Crippen LogP contribution in [0, 0.1) is 6.07 Å². The highest BCUT2D eigenvalue weighted by Crippen LogP contribution is 2.27. The molecule has 1 unspecified atom stereocenters. The molecule has 12 heavy (non-hydrogen) atoms. The van der Waals surface area contributed by atoms with Crippen LogP contribution >= 0.6 is 11.6 Å². The maximum Gasteiger partial charge on any atom is 0.0584 e. The minimum absolute atomic E-state index is 0.202. The summed E-state index contributed by atoms with van der Waals surface area (Å²) < 4.78 is 0. The predicted molar refractivity (Wildman–Crippen MR) is 48.3 cm³/mol. The highest BCUT2D eigenvalue weighted by atomic mass is 35.5. The molecule has 2 rings (SSSR count). The lowest BCUT2D eigenvalue weighted by Gasteiger charge is -2.20. The molecule has 0 saturated heterocycles. The summed E-state index contributed by atoms with van der Waals surface area (Å²) in [4.78, 5) is 0. The van der Waals surface area contributed by atoms with Crippen molar-refractivity contribution in [2.24, 2.45) is 0 Å². The molecule has 1 radical (unpaired) electrons. The molecule has 1 N–H and O–H groups in total. The van der Waals surface area contributed by atoms with Crippen LogP contribution in [-0.2, 0) is 12.8 Å². The molecule has 0 fully saturated rings. The molecule has 1 aliphatic carbocycles. The van der Waals surface area contributed by atoms with E-state index in [0.29, 0.717) is 6.42 Å². The monoisotopic (exact) mass is 181 g/mol. The van der Waals surface area contributed by atoms with E-state index < -0.39 is 0 Å². The molecule has 0 saturated carbocycles. The van der Waals surface area contributed by atoms with Crippen molar-refractivity contribution in [3.8, 4) is 0 Å². The van der Waals surface area contributed by atoms with E-state index >= 15 is 0 Å². The summed E-state index contributed by atoms with van der Waals surface area (Å²) >= 11 is 5.99. The van der Waals surface area contributed by atoms with Crippen molar-refractivity contribution in [2.45, 2.75) is 25.4 Å². The van der Waals surface area contributed by atoms with Crippen LogP contribution in [0.1, 0.15) is 17.5 Å². The van der Waals surface area contributed by atoms with E-state index in [2.05, 4.69) is 6.07 Å². The van der Waals surface area contributed by atoms with Gasteiger partial charge in [0.05, 0.1) is 6.10 Å². The Hall–Kier alpha value is -0.530. The maximum atomic E-state index is 9.38. The van der Waals surface area contributed by atoms with Crippen LogP contribution in [0.25, 0.3) is 0 Å². The Morgan fingerprint density at radius 2 is 2.42 bits per heavy atom. The minimum Gasteiger partial charge on any atom is -0.393 e. The van der Waals surface area contributed by atoms with Crippen molar-refractivity contribution >= 4 is 11.6 Å². The summed E-state index contributed by atoms with van der Waals surface area (Å²) in [5.41, 5.74) is 2.26. The summed E-state index contributed by atoms with van der Waals surface area (Å²) in [5, 5.41) is 10.2. The zero-order valence-corrected chi connectivity index (χ0v) is 7.43. The van der Waals surface area contributed by atoms with E-state index in [1.54, 1.807) is 0 Å². The van der Waals surface area contributed by atoms with Gasteiger partial charge in [-0.2, -0.15) is 0 Å². The number of aliphatic hydroxyl groups is 1. The van der Waals surface area contributed by atoms with E-state index in [9.17, 15) is 5.11 Å². The third-order valence-corrected chi connectivity index (χ3v) is 2.66. The van der Waals surface area contributed by atoms with Crippen molar-refractivity contribution < 1.29 is 5.11 Å². The average molecular weight is 182 g/mol. The molecule has 2 heteroatoms. The van der Waals surface area contributed by atoms with Gasteiger partial charge in [0.1, 0.15) is 0 Å². The van der Waals surface area contributed by atoms with Crippen LogP contribution in [0.5, 0.6) is 0 Å². The van der Waals surface area contributed by atoms with Gasteiger partial charge in [0.25, 0.3) is 0 Å². The Bertz CT molecular complexity index is 296. The van der Waals surface area contributed by atoms with E-state index in [-0.39, 0.29) is 6.10 Å². The van der Waals surface area contributed by atoms with Crippen molar-refractivity contribution in [2.75, 3.05) is 0 Å². The quantitative estimate of drug-likeness (QED) is 0.649. The molecule has 1 aliphatic rings. The molecule has 1 aromatic rings. The summed E-state index contributed by atoms with van der Waals surface area (Å²) in [6, 6.07) is 6.79. The fourth-order valence-electron chi connectivity index (χ4n) is 1.65. The van der Waals surface area contributed by atoms with Gasteiger partial charge in [-0.3, -0.25) is 0 Å². The van der Waals surface area contributed by atoms with Crippen LogP contribution in [0.3, 0.4) is 0 Å². The van der Waals surface area contributed by atoms with E-state index in [1.807, 2.05) is 12.1 Å². The summed E-state index contributed by atoms with van der Waals surface area (Å²) in [7, 11) is 0. The third kappa shape index (κ3) is 1.35. The molecular formula is C10H10ClO. The number of halogens is 1. The summed E-state index contributed by atoms with van der Waals surface area (Å²) in [6.07, 6.45) is 2.21. The van der Waals surface area contributed by atoms with Crippen LogP contribution in [0.4, 0.5) is 0 Å². The number of hydrogen-bond donors (Lipinski definition) is 1. The van der Waals surface area contributed by atoms with Gasteiger partial charge < -0.3 is 5.11 Å². The van der Waals surface area contributed by atoms with E-state index in [0.717, 1.165) is 23.4 Å². The normalized spacial score (nSPS) is 22.0. The second kappa shape index (κ2) is 3.08. The average Bonchev–Trinajstić information content (AvgIpc) is 2.04. The van der Waals surface area contributed by atoms with Gasteiger partial charge in [-0.05, 0) is 42.5 Å². The van der Waals surface area contributed by atoms with Crippen molar-refractivity contribution in [3.05, 3.63) is 34.3 Å². The van der Waals surface area contributed by atoms with E-state index in [1.165, 1.54) is 5.56 Å². The predicted octanol–water partition coefficient (Wildman–Crippen LogP) is 1.99. The Morgan fingerprint density at radius 1 is 1.58 bits per heavy atom. The first-order valence-corrected chi connectivity index (χ1v) is 4.51. The maximum absolute atomic E-state index is 9.38. The number of benzene rings is 1. The van der Waals surface area contributed by atoms with Crippen LogP contribution in [0.15, 0.2) is 12.1 Å². The first-order chi connectivity index (χ1) is 5.77. The molecule has 1 aromatic carbocycles. The number of aliphatic hydroxyl groups excluding tert-OH is 1. The standard InChI is InChI=1S/C10H10ClO/c11-10-3-1-2-7-6-8(12)4-5-9(7)10/h1,3,8,12H,4-6H2. The van der Waals surface area contributed by atoms with Gasteiger partial charge in [0.2, 0.25) is 0 Å². The van der Waals surface area contributed by atoms with Crippen molar-refractivity contribution in [1.29, 1.82) is 0 Å². The van der Waals surface area contributed by atoms with Gasteiger partial charge >= 0.3 is 0 Å². The SMILES string of the molecule is OC1CCc2c([c]ccc2Cl)C1. The number of fused-ring (bicyclic) bond motifs is 1. The minimum atomic E-state index is -0.202. The fraction of sp³-hybridized carbons (Fsp3) is 0.400. The lowest BCUT2D eigenvalue weighted by atomic mass is 9.90. The van der Waals surface area contributed by atoms with Crippen molar-refractivity contribution in [1.82, 2.24) is 0 Å². The van der Waals surface area contributed by atoms with Crippen LogP contribution < -0.4 is 0 Å². The Balaban J connectivity index is 2.42. The Morgan fingerprint density at radius 3 is 3.25 bits per heavy atom. The van der Waals surface area contributed by atoms with Gasteiger partial charge in [-0.1, -0.05) is 17.7 Å². The molecule has 0 aromatic heterocycles. The fourth-order valence-corrected chi connectivity index (χ4v) is 1.92. The second-order valence-corrected chi connectivity index (χ2v) is 3.59. The highest BCUT2D eigenvalue weighted by molar-refractivity contribution is 6.31. The molecule has 0 amide bonds. The highest BCUT2D eigenvalue weighted by Gasteiger charge is 2.17. The third-order valence-electron chi connectivity index (χ3n) is 2.31. The van der Waals surface area contributed by atoms with Crippen LogP contribution in [0.2, 0.25) is 5.02 Å². The lowest BCUT2D eigenvalue weighted by Crippen LogP contribution is -2.18. The molecule has 1 atom stereocenters. The molecule has 1 nitrogen and oxygen atoms in total. The Kier molecular flexibility index (Phi) is 2.07. The second-order valence-electron chi connectivity index (χ2n) is 3.18. The van der Waals surface area contributed by atoms with Gasteiger partial charge in [0.15, 0.2) is 0 Å². The number of hydrogen-bond acceptors (Lipinski definition) is 1. The molecule has 0 spiro atoms. The zero-order valence-electron chi connectivity index (χ0n) is 6.68. The van der Waals surface area contributed by atoms with Gasteiger partial charge in [-0.15, -0.1) is 0 Å². The van der Waals surface area contributed by atoms with Crippen molar-refractivity contribution in [3.63, 3.8) is 0 Å². The summed E-state index contributed by atoms with van der Waals surface area (Å²) in [5.74, 6) is 0. The topological polar surface area (TPSA) is 20.2 Å². The largest absolute Gasteiger partial charge is 0.393 e. The smallest absolute Gasteiger partial charge is 0.0584 e. The Labute approximate surface area is 77.0 Å². The molecule has 0 bridgehead atoms. The van der Waals surface area contributed by atoms with Gasteiger partial charge in [-0.25, -0.2) is 0 Å². The van der Waals surface area contributed by atoms with Gasteiger partial charge in [0, 0.05) is 5.02 Å². The number of rotatable bonds is 0. The first kappa shape index (κ1) is 8.09. The molecule has 0 aliphatic heterocycles. The zero-order chi connectivity index (χ0) is 8.55. The molecular weight excluding hydrogens is 172 g/mol. The van der Waals surface area contributed by atoms with Crippen LogP contribution in [-0.4, -0.2) is 11.2 Å². The molecule has 63 valence electrons. The summed E-state index contributed by atoms with van der Waals surface area (Å²) in [6.45, 7) is 0. The molecule has 0 heterocycles. The van der Waals surface area contributed by atoms with E-state index in [4.69, 9.17) is 11.6 Å². The lowest BCUT2D eigenvalue weighted by molar-refractivity contribution is 0.158. The first-order valence-electron chi connectivity index (χ1n) is 4.13.